The lowest BCUT2D eigenvalue weighted by Gasteiger charge is -2.04. The van der Waals surface area contributed by atoms with Gasteiger partial charge in [0.15, 0.2) is 0 Å². The summed E-state index contributed by atoms with van der Waals surface area (Å²) in [5.74, 6) is 0. The largest absolute Gasteiger partial charge is 0.450 e. The van der Waals surface area contributed by atoms with E-state index in [1.807, 2.05) is 6.92 Å². The smallest absolute Gasteiger partial charge is 0.407 e. The highest BCUT2D eigenvalue weighted by molar-refractivity contribution is 5.66. The zero-order valence-corrected chi connectivity index (χ0v) is 7.47. The van der Waals surface area contributed by atoms with Crippen LogP contribution in [-0.4, -0.2) is 25.9 Å². The maximum absolute atomic E-state index is 10.8. The van der Waals surface area contributed by atoms with Gasteiger partial charge in [-0.3, -0.25) is 0 Å². The third-order valence-electron chi connectivity index (χ3n) is 1.32. The van der Waals surface area contributed by atoms with E-state index in [-0.39, 0.29) is 6.61 Å². The summed E-state index contributed by atoms with van der Waals surface area (Å²) in [7, 11) is 0. The fourth-order valence-corrected chi connectivity index (χ4v) is 0.623. The molecule has 0 saturated carbocycles. The zero-order valence-electron chi connectivity index (χ0n) is 7.47. The maximum Gasteiger partial charge on any atom is 0.407 e. The second-order valence-corrected chi connectivity index (χ2v) is 2.47. The quantitative estimate of drug-likeness (QED) is 0.617. The number of ether oxygens (including phenoxy) is 1. The normalized spacial score (nSPS) is 9.50. The van der Waals surface area contributed by atoms with Crippen molar-refractivity contribution < 1.29 is 14.6 Å². The number of amides is 1. The molecule has 0 rings (SSSR count). The molecule has 71 valence electrons. The molecule has 0 aromatic heterocycles. The van der Waals surface area contributed by atoms with Gasteiger partial charge in [-0.1, -0.05) is 13.3 Å². The first-order valence-electron chi connectivity index (χ1n) is 4.30. The molecule has 0 aliphatic heterocycles. The van der Waals surface area contributed by atoms with E-state index >= 15 is 0 Å². The van der Waals surface area contributed by atoms with Crippen molar-refractivity contribution in [2.24, 2.45) is 0 Å². The van der Waals surface area contributed by atoms with Crippen molar-refractivity contribution >= 4 is 6.09 Å². The Hall–Kier alpha value is -0.770. The number of unbranched alkanes of at least 4 members (excludes halogenated alkanes) is 1. The Balaban J connectivity index is 3.10. The SMILES string of the molecule is CCCCOC(=O)NCCC[O]. The van der Waals surface area contributed by atoms with E-state index < -0.39 is 6.09 Å². The number of nitrogens with one attached hydrogen (secondary N) is 1. The average molecular weight is 174 g/mol. The molecular weight excluding hydrogens is 158 g/mol. The molecule has 0 spiro atoms. The molecule has 0 bridgehead atoms. The van der Waals surface area contributed by atoms with Crippen molar-refractivity contribution in [3.63, 3.8) is 0 Å². The predicted molar refractivity (Wildman–Crippen MR) is 44.4 cm³/mol. The van der Waals surface area contributed by atoms with E-state index in [2.05, 4.69) is 5.32 Å². The number of rotatable bonds is 6. The summed E-state index contributed by atoms with van der Waals surface area (Å²) in [6, 6.07) is 0. The molecule has 0 aliphatic rings. The minimum atomic E-state index is -0.420. The summed E-state index contributed by atoms with van der Waals surface area (Å²) in [6.45, 7) is 2.74. The van der Waals surface area contributed by atoms with E-state index in [0.717, 1.165) is 12.8 Å². The molecular formula is C8H16NO3. The Morgan fingerprint density at radius 2 is 2.17 bits per heavy atom. The van der Waals surface area contributed by atoms with Gasteiger partial charge in [0.25, 0.3) is 0 Å². The van der Waals surface area contributed by atoms with Crippen molar-refractivity contribution in [1.82, 2.24) is 5.32 Å². The number of hydrogen-bond donors (Lipinski definition) is 1. The highest BCUT2D eigenvalue weighted by Gasteiger charge is 1.98. The molecule has 0 unspecified atom stereocenters. The highest BCUT2D eigenvalue weighted by Crippen LogP contribution is 1.88. The molecule has 0 aromatic rings. The molecule has 12 heavy (non-hydrogen) atoms. The van der Waals surface area contributed by atoms with Crippen molar-refractivity contribution in [1.29, 1.82) is 0 Å². The summed E-state index contributed by atoms with van der Waals surface area (Å²) in [5, 5.41) is 12.5. The standard InChI is InChI=1S/C8H16NO3/c1-2-3-7-12-8(11)9-5-4-6-10/h2-7H2,1H3,(H,9,11). The van der Waals surface area contributed by atoms with Crippen LogP contribution in [0.15, 0.2) is 0 Å². The monoisotopic (exact) mass is 174 g/mol. The van der Waals surface area contributed by atoms with Crippen molar-refractivity contribution in [2.75, 3.05) is 19.8 Å². The maximum atomic E-state index is 10.8. The molecule has 0 heterocycles. The van der Waals surface area contributed by atoms with Gasteiger partial charge < -0.3 is 10.1 Å². The average Bonchev–Trinajstić information content (AvgIpc) is 2.06. The number of hydrogen-bond acceptors (Lipinski definition) is 2. The van der Waals surface area contributed by atoms with Crippen LogP contribution in [0.2, 0.25) is 0 Å². The van der Waals surface area contributed by atoms with Gasteiger partial charge >= 0.3 is 6.09 Å². The van der Waals surface area contributed by atoms with Crippen LogP contribution in [-0.2, 0) is 9.84 Å². The summed E-state index contributed by atoms with van der Waals surface area (Å²) >= 11 is 0. The zero-order chi connectivity index (χ0) is 9.23. The Labute approximate surface area is 72.9 Å². The molecule has 0 fully saturated rings. The van der Waals surface area contributed by atoms with Crippen LogP contribution in [0.1, 0.15) is 26.2 Å². The van der Waals surface area contributed by atoms with Crippen LogP contribution in [0.4, 0.5) is 4.79 Å². The Morgan fingerprint density at radius 1 is 1.42 bits per heavy atom. The molecule has 0 aromatic carbocycles. The van der Waals surface area contributed by atoms with E-state index in [0.29, 0.717) is 19.6 Å². The van der Waals surface area contributed by atoms with Gasteiger partial charge in [-0.05, 0) is 12.8 Å². The summed E-state index contributed by atoms with van der Waals surface area (Å²) in [5.41, 5.74) is 0. The van der Waals surface area contributed by atoms with Gasteiger partial charge in [-0.15, -0.1) is 0 Å². The van der Waals surface area contributed by atoms with E-state index in [9.17, 15) is 9.90 Å². The van der Waals surface area contributed by atoms with Gasteiger partial charge in [0, 0.05) is 6.54 Å². The molecule has 1 radical (unpaired) electrons. The first kappa shape index (κ1) is 11.2. The fraction of sp³-hybridized carbons (Fsp3) is 0.875. The second-order valence-electron chi connectivity index (χ2n) is 2.47. The lowest BCUT2D eigenvalue weighted by molar-refractivity contribution is 0.141. The van der Waals surface area contributed by atoms with Gasteiger partial charge in [0.2, 0.25) is 0 Å². The third-order valence-corrected chi connectivity index (χ3v) is 1.32. The van der Waals surface area contributed by atoms with Crippen LogP contribution < -0.4 is 5.32 Å². The Morgan fingerprint density at radius 3 is 2.75 bits per heavy atom. The van der Waals surface area contributed by atoms with Gasteiger partial charge in [-0.25, -0.2) is 9.90 Å². The number of alkyl carbamates (subject to hydrolysis) is 1. The Bertz CT molecular complexity index is 105. The van der Waals surface area contributed by atoms with Gasteiger partial charge in [0.05, 0.1) is 13.2 Å². The van der Waals surface area contributed by atoms with Crippen molar-refractivity contribution in [3.05, 3.63) is 0 Å². The van der Waals surface area contributed by atoms with E-state index in [1.165, 1.54) is 0 Å². The number of carbonyl (C=O) groups is 1. The fourth-order valence-electron chi connectivity index (χ4n) is 0.623. The molecule has 0 aliphatic carbocycles. The van der Waals surface area contributed by atoms with E-state index in [1.54, 1.807) is 0 Å². The van der Waals surface area contributed by atoms with Crippen molar-refractivity contribution in [2.45, 2.75) is 26.2 Å². The molecule has 1 amide bonds. The van der Waals surface area contributed by atoms with Crippen LogP contribution >= 0.6 is 0 Å². The molecule has 4 nitrogen and oxygen atoms in total. The lowest BCUT2D eigenvalue weighted by atomic mass is 10.4. The summed E-state index contributed by atoms with van der Waals surface area (Å²) < 4.78 is 4.78. The first-order valence-corrected chi connectivity index (χ1v) is 4.30. The molecule has 0 saturated heterocycles. The Kier molecular flexibility index (Phi) is 7.79. The third kappa shape index (κ3) is 7.34. The van der Waals surface area contributed by atoms with E-state index in [4.69, 9.17) is 4.74 Å². The predicted octanol–water partition coefficient (Wildman–Crippen LogP) is 1.33. The van der Waals surface area contributed by atoms with Crippen molar-refractivity contribution in [3.8, 4) is 0 Å². The molecule has 1 N–H and O–H groups in total. The minimum Gasteiger partial charge on any atom is -0.450 e. The van der Waals surface area contributed by atoms with Gasteiger partial charge in [0.1, 0.15) is 0 Å². The second kappa shape index (κ2) is 8.33. The first-order chi connectivity index (χ1) is 5.81. The van der Waals surface area contributed by atoms with Crippen LogP contribution in [0.3, 0.4) is 0 Å². The minimum absolute atomic E-state index is 0.157. The molecule has 4 heteroatoms. The highest BCUT2D eigenvalue weighted by atomic mass is 16.5. The van der Waals surface area contributed by atoms with Crippen LogP contribution in [0.5, 0.6) is 0 Å². The summed E-state index contributed by atoms with van der Waals surface area (Å²) in [6.07, 6.45) is 1.93. The lowest BCUT2D eigenvalue weighted by Crippen LogP contribution is -2.26. The molecule has 0 atom stereocenters. The number of carbonyl (C=O) groups excluding carboxylic acids is 1. The van der Waals surface area contributed by atoms with Crippen LogP contribution in [0, 0.1) is 0 Å². The topological polar surface area (TPSA) is 58.2 Å². The van der Waals surface area contributed by atoms with Gasteiger partial charge in [-0.2, -0.15) is 0 Å². The summed E-state index contributed by atoms with van der Waals surface area (Å²) in [4.78, 5) is 10.8. The van der Waals surface area contributed by atoms with Crippen LogP contribution in [0.25, 0.3) is 0 Å².